The summed E-state index contributed by atoms with van der Waals surface area (Å²) in [6.07, 6.45) is 0.989. The Hall–Kier alpha value is -3.21. The summed E-state index contributed by atoms with van der Waals surface area (Å²) in [5.41, 5.74) is 0.426. The highest BCUT2D eigenvalue weighted by Gasteiger charge is 2.21. The molecule has 0 aliphatic heterocycles. The molecule has 3 N–H and O–H groups in total. The van der Waals surface area contributed by atoms with Crippen molar-refractivity contribution in [3.05, 3.63) is 76.1 Å². The van der Waals surface area contributed by atoms with Crippen molar-refractivity contribution in [2.24, 2.45) is 0 Å². The van der Waals surface area contributed by atoms with Gasteiger partial charge in [-0.2, -0.15) is 0 Å². The molecule has 0 unspecified atom stereocenters. The van der Waals surface area contributed by atoms with Crippen molar-refractivity contribution in [3.63, 3.8) is 0 Å². The maximum Gasteiger partial charge on any atom is 0.269 e. The first-order chi connectivity index (χ1) is 15.5. The number of sulfonamides is 1. The van der Waals surface area contributed by atoms with Gasteiger partial charge < -0.3 is 10.4 Å². The Morgan fingerprint density at radius 1 is 1.06 bits per heavy atom. The van der Waals surface area contributed by atoms with E-state index in [1.165, 1.54) is 48.5 Å². The molecule has 1 amide bonds. The van der Waals surface area contributed by atoms with Gasteiger partial charge in [-0.05, 0) is 48.0 Å². The van der Waals surface area contributed by atoms with Crippen LogP contribution in [0.2, 0.25) is 5.02 Å². The Kier molecular flexibility index (Phi) is 6.00. The van der Waals surface area contributed by atoms with E-state index < -0.39 is 27.6 Å². The maximum absolute atomic E-state index is 15.1. The molecule has 33 heavy (non-hydrogen) atoms. The predicted molar refractivity (Wildman–Crippen MR) is 127 cm³/mol. The Labute approximate surface area is 196 Å². The molecular weight excluding hydrogens is 494 g/mol. The molecule has 4 aromatic rings. The number of carbonyl (C=O) groups excluding carboxylic acids is 1. The Morgan fingerprint density at radius 3 is 2.42 bits per heavy atom. The molecule has 1 heterocycles. The summed E-state index contributed by atoms with van der Waals surface area (Å²) >= 11 is 7.06. The zero-order chi connectivity index (χ0) is 23.9. The van der Waals surface area contributed by atoms with Crippen LogP contribution in [0.5, 0.6) is 5.75 Å². The van der Waals surface area contributed by atoms with Crippen molar-refractivity contribution >= 4 is 60.3 Å². The molecule has 0 spiro atoms. The van der Waals surface area contributed by atoms with Gasteiger partial charge in [0.1, 0.15) is 16.4 Å². The van der Waals surface area contributed by atoms with E-state index in [0.717, 1.165) is 17.6 Å². The molecule has 1 aromatic heterocycles. The largest absolute Gasteiger partial charge is 0.506 e. The van der Waals surface area contributed by atoms with E-state index in [0.29, 0.717) is 10.3 Å². The predicted octanol–water partition coefficient (Wildman–Crippen LogP) is 5.83. The van der Waals surface area contributed by atoms with Crippen LogP contribution in [0.15, 0.2) is 54.6 Å². The number of thiophene rings is 1. The van der Waals surface area contributed by atoms with Crippen LogP contribution in [-0.4, -0.2) is 25.7 Å². The number of halogens is 3. The molecule has 0 saturated carbocycles. The van der Waals surface area contributed by atoms with E-state index in [1.54, 1.807) is 6.07 Å². The highest BCUT2D eigenvalue weighted by atomic mass is 35.5. The van der Waals surface area contributed by atoms with Gasteiger partial charge in [0, 0.05) is 26.4 Å². The summed E-state index contributed by atoms with van der Waals surface area (Å²) in [5.74, 6) is -2.41. The smallest absolute Gasteiger partial charge is 0.269 e. The number of benzene rings is 3. The number of hydrogen-bond acceptors (Lipinski definition) is 5. The van der Waals surface area contributed by atoms with E-state index in [4.69, 9.17) is 11.6 Å². The molecule has 0 radical (unpaired) electrons. The van der Waals surface area contributed by atoms with Gasteiger partial charge in [0.2, 0.25) is 10.0 Å². The third kappa shape index (κ3) is 4.92. The molecule has 170 valence electrons. The van der Waals surface area contributed by atoms with E-state index in [2.05, 4.69) is 10.0 Å². The van der Waals surface area contributed by atoms with Gasteiger partial charge in [-0.1, -0.05) is 23.7 Å². The van der Waals surface area contributed by atoms with Gasteiger partial charge in [-0.3, -0.25) is 9.52 Å². The number of amides is 1. The standard InChI is InChI=1S/C22H15ClF2N2O4S2/c1-33(30,31)27-14-6-7-18-16(10-14)20(28)21(32-18)22(29)26-17-9-12(23)8-15(19(17)25)11-2-4-13(24)5-3-11/h2-10,27-28H,1H3,(H,26,29). The van der Waals surface area contributed by atoms with Crippen molar-refractivity contribution in [1.82, 2.24) is 0 Å². The second kappa shape index (κ2) is 8.62. The first-order valence-electron chi connectivity index (χ1n) is 9.31. The van der Waals surface area contributed by atoms with E-state index >= 15 is 4.39 Å². The molecule has 0 bridgehead atoms. The number of carbonyl (C=O) groups is 1. The highest BCUT2D eigenvalue weighted by Crippen LogP contribution is 2.39. The second-order valence-corrected chi connectivity index (χ2v) is 10.4. The van der Waals surface area contributed by atoms with Gasteiger partial charge in [-0.15, -0.1) is 11.3 Å². The minimum Gasteiger partial charge on any atom is -0.506 e. The van der Waals surface area contributed by atoms with Crippen LogP contribution in [0, 0.1) is 11.6 Å². The molecule has 0 fully saturated rings. The maximum atomic E-state index is 15.1. The first kappa shape index (κ1) is 23.0. The van der Waals surface area contributed by atoms with Crippen molar-refractivity contribution in [3.8, 4) is 16.9 Å². The highest BCUT2D eigenvalue weighted by molar-refractivity contribution is 7.92. The molecule has 0 aliphatic carbocycles. The van der Waals surface area contributed by atoms with Crippen LogP contribution in [0.25, 0.3) is 21.2 Å². The minimum absolute atomic E-state index is 0.0647. The molecule has 0 saturated heterocycles. The fourth-order valence-electron chi connectivity index (χ4n) is 3.21. The number of rotatable bonds is 5. The van der Waals surface area contributed by atoms with Crippen molar-refractivity contribution in [2.45, 2.75) is 0 Å². The fourth-order valence-corrected chi connectivity index (χ4v) is 4.96. The molecule has 6 nitrogen and oxygen atoms in total. The quantitative estimate of drug-likeness (QED) is 0.316. The summed E-state index contributed by atoms with van der Waals surface area (Å²) in [6, 6.07) is 12.1. The van der Waals surface area contributed by atoms with Crippen molar-refractivity contribution in [1.29, 1.82) is 0 Å². The van der Waals surface area contributed by atoms with Gasteiger partial charge >= 0.3 is 0 Å². The molecule has 3 aromatic carbocycles. The van der Waals surface area contributed by atoms with Crippen LogP contribution in [0.3, 0.4) is 0 Å². The summed E-state index contributed by atoms with van der Waals surface area (Å²) < 4.78 is 54.1. The lowest BCUT2D eigenvalue weighted by molar-refractivity contribution is 0.102. The number of hydrogen-bond donors (Lipinski definition) is 3. The van der Waals surface area contributed by atoms with Gasteiger partial charge in [0.05, 0.1) is 11.9 Å². The van der Waals surface area contributed by atoms with E-state index in [1.807, 2.05) is 0 Å². The summed E-state index contributed by atoms with van der Waals surface area (Å²) in [5, 5.41) is 13.4. The minimum atomic E-state index is -3.53. The normalized spacial score (nSPS) is 11.5. The number of fused-ring (bicyclic) bond motifs is 1. The molecule has 11 heteroatoms. The number of aromatic hydroxyl groups is 1. The van der Waals surface area contributed by atoms with Crippen LogP contribution in [0.1, 0.15) is 9.67 Å². The van der Waals surface area contributed by atoms with Crippen molar-refractivity contribution < 1.29 is 27.1 Å². The summed E-state index contributed by atoms with van der Waals surface area (Å²) in [7, 11) is -3.53. The first-order valence-corrected chi connectivity index (χ1v) is 12.4. The number of anilines is 2. The molecule has 0 aliphatic rings. The Morgan fingerprint density at radius 2 is 1.76 bits per heavy atom. The third-order valence-corrected chi connectivity index (χ3v) is 6.60. The topological polar surface area (TPSA) is 95.5 Å². The summed E-state index contributed by atoms with van der Waals surface area (Å²) in [4.78, 5) is 12.7. The van der Waals surface area contributed by atoms with Crippen LogP contribution < -0.4 is 10.0 Å². The third-order valence-electron chi connectivity index (χ3n) is 4.61. The Bertz CT molecular complexity index is 1500. The van der Waals surface area contributed by atoms with Crippen LogP contribution in [-0.2, 0) is 10.0 Å². The van der Waals surface area contributed by atoms with Crippen molar-refractivity contribution in [2.75, 3.05) is 16.3 Å². The lowest BCUT2D eigenvalue weighted by Gasteiger charge is -2.11. The second-order valence-electron chi connectivity index (χ2n) is 7.14. The fraction of sp³-hybridized carbons (Fsp3) is 0.0455. The van der Waals surface area contributed by atoms with Gasteiger partial charge in [0.15, 0.2) is 5.82 Å². The lowest BCUT2D eigenvalue weighted by atomic mass is 10.0. The summed E-state index contributed by atoms with van der Waals surface area (Å²) in [6.45, 7) is 0. The number of nitrogens with one attached hydrogen (secondary N) is 2. The van der Waals surface area contributed by atoms with Gasteiger partial charge in [-0.25, -0.2) is 17.2 Å². The Balaban J connectivity index is 1.68. The van der Waals surface area contributed by atoms with E-state index in [9.17, 15) is 22.7 Å². The van der Waals surface area contributed by atoms with Crippen LogP contribution >= 0.6 is 22.9 Å². The average molecular weight is 509 g/mol. The molecule has 0 atom stereocenters. The SMILES string of the molecule is CS(=O)(=O)Nc1ccc2sc(C(=O)Nc3cc(Cl)cc(-c4ccc(F)cc4)c3F)c(O)c2c1. The molecular formula is C22H15ClF2N2O4S2. The zero-order valence-corrected chi connectivity index (χ0v) is 19.2. The van der Waals surface area contributed by atoms with Crippen LogP contribution in [0.4, 0.5) is 20.2 Å². The zero-order valence-electron chi connectivity index (χ0n) is 16.8. The van der Waals surface area contributed by atoms with E-state index in [-0.39, 0.29) is 38.0 Å². The molecule has 4 rings (SSSR count). The lowest BCUT2D eigenvalue weighted by Crippen LogP contribution is -2.12. The average Bonchev–Trinajstić information content (AvgIpc) is 3.06. The monoisotopic (exact) mass is 508 g/mol. The van der Waals surface area contributed by atoms with Gasteiger partial charge in [0.25, 0.3) is 5.91 Å².